The molecule has 1 heterocycles. The number of hydrogen-bond donors (Lipinski definition) is 2. The molecule has 2 N–H and O–H groups in total. The highest BCUT2D eigenvalue weighted by Gasteiger charge is 2.19. The average Bonchev–Trinajstić information content (AvgIpc) is 2.73. The zero-order valence-electron chi connectivity index (χ0n) is 10.1. The van der Waals surface area contributed by atoms with E-state index in [1.165, 1.54) is 23.5 Å². The number of hydrogen-bond acceptors (Lipinski definition) is 5. The number of thiazole rings is 1. The third-order valence-electron chi connectivity index (χ3n) is 2.32. The minimum absolute atomic E-state index is 0.122. The van der Waals surface area contributed by atoms with Crippen LogP contribution in [0.25, 0.3) is 0 Å². The van der Waals surface area contributed by atoms with Gasteiger partial charge < -0.3 is 5.11 Å². The maximum absolute atomic E-state index is 12.1. The zero-order valence-corrected chi connectivity index (χ0v) is 13.3. The minimum Gasteiger partial charge on any atom is -0.478 e. The summed E-state index contributed by atoms with van der Waals surface area (Å²) in [7, 11) is -3.86. The molecule has 0 amide bonds. The fourth-order valence-electron chi connectivity index (χ4n) is 1.41. The molecule has 0 aliphatic heterocycles. The molecule has 1 aromatic carbocycles. The van der Waals surface area contributed by atoms with Crippen LogP contribution in [-0.4, -0.2) is 24.5 Å². The van der Waals surface area contributed by atoms with Gasteiger partial charge in [-0.2, -0.15) is 0 Å². The van der Waals surface area contributed by atoms with Gasteiger partial charge in [-0.05, 0) is 41.1 Å². The molecule has 0 aliphatic rings. The Labute approximate surface area is 127 Å². The molecular formula is C11H9BrN2O4S2. The molecule has 0 aliphatic carbocycles. The lowest BCUT2D eigenvalue weighted by molar-refractivity contribution is 0.0695. The smallest absolute Gasteiger partial charge is 0.336 e. The van der Waals surface area contributed by atoms with Crippen LogP contribution in [0.1, 0.15) is 15.2 Å². The number of benzene rings is 1. The van der Waals surface area contributed by atoms with Gasteiger partial charge in [0.2, 0.25) is 0 Å². The number of aryl methyl sites for hydroxylation is 1. The Balaban J connectivity index is 2.39. The number of carbonyl (C=O) groups is 1. The van der Waals surface area contributed by atoms with Crippen LogP contribution in [0.2, 0.25) is 0 Å². The number of carboxylic acid groups (broad SMARTS) is 1. The maximum atomic E-state index is 12.1. The molecule has 0 fully saturated rings. The highest BCUT2D eigenvalue weighted by Crippen LogP contribution is 2.24. The molecule has 0 saturated heterocycles. The van der Waals surface area contributed by atoms with Crippen LogP contribution >= 0.6 is 27.3 Å². The van der Waals surface area contributed by atoms with Crippen molar-refractivity contribution in [3.05, 3.63) is 39.3 Å². The number of rotatable bonds is 4. The van der Waals surface area contributed by atoms with Gasteiger partial charge in [0.05, 0.1) is 10.5 Å². The van der Waals surface area contributed by atoms with Crippen LogP contribution in [-0.2, 0) is 10.0 Å². The number of aromatic nitrogens is 1. The summed E-state index contributed by atoms with van der Waals surface area (Å²) in [6.45, 7) is 1.80. The lowest BCUT2D eigenvalue weighted by Gasteiger charge is -2.07. The SMILES string of the molecule is Cc1cnc(NS(=O)(=O)c2ccc(Br)c(C(=O)O)c2)s1. The number of nitrogens with one attached hydrogen (secondary N) is 1. The van der Waals surface area contributed by atoms with Gasteiger partial charge in [-0.25, -0.2) is 18.2 Å². The van der Waals surface area contributed by atoms with Gasteiger partial charge in [-0.15, -0.1) is 11.3 Å². The Bertz CT molecular complexity index is 770. The Morgan fingerprint density at radius 3 is 2.70 bits per heavy atom. The molecule has 0 saturated carbocycles. The first-order valence-corrected chi connectivity index (χ1v) is 8.37. The third-order valence-corrected chi connectivity index (χ3v) is 5.31. The Morgan fingerprint density at radius 1 is 1.45 bits per heavy atom. The van der Waals surface area contributed by atoms with Crippen molar-refractivity contribution in [3.63, 3.8) is 0 Å². The van der Waals surface area contributed by atoms with E-state index in [1.807, 2.05) is 0 Å². The summed E-state index contributed by atoms with van der Waals surface area (Å²) in [6.07, 6.45) is 1.55. The normalized spacial score (nSPS) is 11.3. The lowest BCUT2D eigenvalue weighted by atomic mass is 10.2. The summed E-state index contributed by atoms with van der Waals surface area (Å²) < 4.78 is 26.9. The molecule has 0 spiro atoms. The van der Waals surface area contributed by atoms with E-state index in [4.69, 9.17) is 5.11 Å². The fraction of sp³-hybridized carbons (Fsp3) is 0.0909. The van der Waals surface area contributed by atoms with Crippen LogP contribution in [0.3, 0.4) is 0 Å². The van der Waals surface area contributed by atoms with Crippen LogP contribution in [0.15, 0.2) is 33.8 Å². The number of nitrogens with zero attached hydrogens (tertiary/aromatic N) is 1. The second-order valence-electron chi connectivity index (χ2n) is 3.83. The molecule has 20 heavy (non-hydrogen) atoms. The largest absolute Gasteiger partial charge is 0.478 e. The zero-order chi connectivity index (χ0) is 14.9. The summed E-state index contributed by atoms with van der Waals surface area (Å²) in [6, 6.07) is 3.79. The summed E-state index contributed by atoms with van der Waals surface area (Å²) >= 11 is 4.26. The quantitative estimate of drug-likeness (QED) is 0.854. The maximum Gasteiger partial charge on any atom is 0.336 e. The van der Waals surface area contributed by atoms with Gasteiger partial charge in [-0.3, -0.25) is 4.72 Å². The van der Waals surface area contributed by atoms with Crippen molar-refractivity contribution in [1.29, 1.82) is 0 Å². The average molecular weight is 377 g/mol. The van der Waals surface area contributed by atoms with Crippen molar-refractivity contribution in [3.8, 4) is 0 Å². The standard InChI is InChI=1S/C11H9BrN2O4S2/c1-6-5-13-11(19-6)14-20(17,18)7-2-3-9(12)8(4-7)10(15)16/h2-5H,1H3,(H,13,14)(H,15,16). The number of carboxylic acids is 1. The highest BCUT2D eigenvalue weighted by molar-refractivity contribution is 9.10. The Kier molecular flexibility index (Phi) is 4.11. The van der Waals surface area contributed by atoms with Crippen molar-refractivity contribution >= 4 is 48.4 Å². The first-order chi connectivity index (χ1) is 9.29. The van der Waals surface area contributed by atoms with Gasteiger partial charge in [0.25, 0.3) is 10.0 Å². The van der Waals surface area contributed by atoms with Crippen LogP contribution in [0, 0.1) is 6.92 Å². The molecule has 1 aromatic heterocycles. The number of sulfonamides is 1. The van der Waals surface area contributed by atoms with Crippen LogP contribution in [0.4, 0.5) is 5.13 Å². The lowest BCUT2D eigenvalue weighted by Crippen LogP contribution is -2.13. The third kappa shape index (κ3) is 3.17. The molecule has 106 valence electrons. The number of aromatic carboxylic acids is 1. The van der Waals surface area contributed by atoms with E-state index in [0.717, 1.165) is 10.9 Å². The summed E-state index contributed by atoms with van der Waals surface area (Å²) in [5.74, 6) is -1.21. The number of anilines is 1. The van der Waals surface area contributed by atoms with Crippen molar-refractivity contribution in [2.24, 2.45) is 0 Å². The van der Waals surface area contributed by atoms with Crippen molar-refractivity contribution < 1.29 is 18.3 Å². The highest BCUT2D eigenvalue weighted by atomic mass is 79.9. The van der Waals surface area contributed by atoms with Gasteiger partial charge in [0, 0.05) is 15.5 Å². The van der Waals surface area contributed by atoms with Crippen molar-refractivity contribution in [2.75, 3.05) is 4.72 Å². The van der Waals surface area contributed by atoms with E-state index in [2.05, 4.69) is 25.6 Å². The molecular weight excluding hydrogens is 368 g/mol. The predicted molar refractivity (Wildman–Crippen MR) is 78.8 cm³/mol. The van der Waals surface area contributed by atoms with Crippen LogP contribution < -0.4 is 4.72 Å². The van der Waals surface area contributed by atoms with Gasteiger partial charge in [0.15, 0.2) is 5.13 Å². The van der Waals surface area contributed by atoms with Crippen LogP contribution in [0.5, 0.6) is 0 Å². The minimum atomic E-state index is -3.86. The summed E-state index contributed by atoms with van der Waals surface area (Å²) in [4.78, 5) is 15.6. The first kappa shape index (κ1) is 14.9. The molecule has 0 bridgehead atoms. The second-order valence-corrected chi connectivity index (χ2v) is 7.60. The molecule has 6 nitrogen and oxygen atoms in total. The van der Waals surface area contributed by atoms with E-state index >= 15 is 0 Å². The fourth-order valence-corrected chi connectivity index (χ4v) is 3.76. The molecule has 0 unspecified atom stereocenters. The van der Waals surface area contributed by atoms with Gasteiger partial charge >= 0.3 is 5.97 Å². The van der Waals surface area contributed by atoms with E-state index in [9.17, 15) is 13.2 Å². The summed E-state index contributed by atoms with van der Waals surface area (Å²) in [5.41, 5.74) is -0.122. The Hall–Kier alpha value is -1.45. The van der Waals surface area contributed by atoms with E-state index in [-0.39, 0.29) is 15.6 Å². The molecule has 2 aromatic rings. The molecule has 0 radical (unpaired) electrons. The van der Waals surface area contributed by atoms with E-state index in [1.54, 1.807) is 13.1 Å². The number of halogens is 1. The Morgan fingerprint density at radius 2 is 2.15 bits per heavy atom. The van der Waals surface area contributed by atoms with Gasteiger partial charge in [-0.1, -0.05) is 0 Å². The van der Waals surface area contributed by atoms with Crippen molar-refractivity contribution in [2.45, 2.75) is 11.8 Å². The van der Waals surface area contributed by atoms with Crippen molar-refractivity contribution in [1.82, 2.24) is 4.98 Å². The molecule has 0 atom stereocenters. The predicted octanol–water partition coefficient (Wildman–Crippen LogP) is 2.71. The molecule has 9 heteroatoms. The molecule has 2 rings (SSSR count). The monoisotopic (exact) mass is 376 g/mol. The second kappa shape index (κ2) is 5.51. The van der Waals surface area contributed by atoms with E-state index in [0.29, 0.717) is 4.47 Å². The van der Waals surface area contributed by atoms with Gasteiger partial charge in [0.1, 0.15) is 0 Å². The topological polar surface area (TPSA) is 96.4 Å². The van der Waals surface area contributed by atoms with E-state index < -0.39 is 16.0 Å². The summed E-state index contributed by atoms with van der Waals surface area (Å²) in [5, 5.41) is 9.23. The first-order valence-electron chi connectivity index (χ1n) is 5.28.